The molecule has 1 amide bonds. The van der Waals surface area contributed by atoms with Crippen LogP contribution in [0.15, 0.2) is 0 Å². The fraction of sp³-hybridized carbons (Fsp3) is 0.895. The van der Waals surface area contributed by atoms with Crippen LogP contribution in [-0.4, -0.2) is 23.5 Å². The van der Waals surface area contributed by atoms with Gasteiger partial charge in [-0.15, -0.1) is 0 Å². The number of carboxylic acid groups (broad SMARTS) is 1. The second kappa shape index (κ2) is 5.78. The Labute approximate surface area is 138 Å². The van der Waals surface area contributed by atoms with Crippen LogP contribution in [0.4, 0.5) is 0 Å². The summed E-state index contributed by atoms with van der Waals surface area (Å²) in [5.74, 6) is 1.10. The number of carboxylic acids is 1. The van der Waals surface area contributed by atoms with E-state index in [0.717, 1.165) is 43.6 Å². The van der Waals surface area contributed by atoms with E-state index in [1.54, 1.807) is 0 Å². The van der Waals surface area contributed by atoms with E-state index >= 15 is 0 Å². The predicted octanol–water partition coefficient (Wildman–Crippen LogP) is 3.21. The van der Waals surface area contributed by atoms with Gasteiger partial charge in [0, 0.05) is 6.54 Å². The molecule has 0 aromatic carbocycles. The molecule has 5 aliphatic rings. The fourth-order valence-corrected chi connectivity index (χ4v) is 6.65. The molecular weight excluding hydrogens is 290 g/mol. The van der Waals surface area contributed by atoms with Crippen molar-refractivity contribution in [3.05, 3.63) is 0 Å². The van der Waals surface area contributed by atoms with Crippen LogP contribution in [0.1, 0.15) is 64.2 Å². The number of hydrogen-bond acceptors (Lipinski definition) is 2. The molecule has 0 aromatic rings. The van der Waals surface area contributed by atoms with E-state index < -0.39 is 11.9 Å². The van der Waals surface area contributed by atoms with Gasteiger partial charge in [-0.25, -0.2) is 0 Å². The normalized spacial score (nSPS) is 45.0. The number of carbonyl (C=O) groups is 2. The molecule has 23 heavy (non-hydrogen) atoms. The molecule has 4 bridgehead atoms. The molecule has 5 saturated carbocycles. The van der Waals surface area contributed by atoms with Crippen LogP contribution in [0.2, 0.25) is 0 Å². The molecule has 5 aliphatic carbocycles. The average Bonchev–Trinajstić information content (AvgIpc) is 2.51. The molecule has 0 spiro atoms. The molecule has 2 atom stereocenters. The highest BCUT2D eigenvalue weighted by atomic mass is 16.4. The van der Waals surface area contributed by atoms with Crippen molar-refractivity contribution in [3.63, 3.8) is 0 Å². The number of amides is 1. The molecular formula is C19H29NO3. The van der Waals surface area contributed by atoms with Crippen LogP contribution in [0.3, 0.4) is 0 Å². The largest absolute Gasteiger partial charge is 0.481 e. The molecule has 4 nitrogen and oxygen atoms in total. The Morgan fingerprint density at radius 1 is 0.913 bits per heavy atom. The summed E-state index contributed by atoms with van der Waals surface area (Å²) in [5, 5.41) is 12.6. The summed E-state index contributed by atoms with van der Waals surface area (Å²) in [4.78, 5) is 24.0. The van der Waals surface area contributed by atoms with E-state index in [2.05, 4.69) is 5.32 Å². The van der Waals surface area contributed by atoms with Crippen molar-refractivity contribution in [2.75, 3.05) is 6.54 Å². The summed E-state index contributed by atoms with van der Waals surface area (Å²) in [6.07, 6.45) is 11.4. The number of aliphatic carboxylic acids is 1. The van der Waals surface area contributed by atoms with Crippen molar-refractivity contribution in [2.45, 2.75) is 64.2 Å². The van der Waals surface area contributed by atoms with Crippen LogP contribution in [0.25, 0.3) is 0 Å². The highest BCUT2D eigenvalue weighted by Gasteiger charge is 2.51. The zero-order valence-corrected chi connectivity index (χ0v) is 13.9. The first kappa shape index (κ1) is 15.5. The van der Waals surface area contributed by atoms with Crippen molar-refractivity contribution in [1.82, 2.24) is 5.32 Å². The molecule has 0 heterocycles. The van der Waals surface area contributed by atoms with Gasteiger partial charge >= 0.3 is 5.97 Å². The molecule has 128 valence electrons. The van der Waals surface area contributed by atoms with E-state index in [1.807, 2.05) is 0 Å². The lowest BCUT2D eigenvalue weighted by molar-refractivity contribution is -0.149. The molecule has 0 aliphatic heterocycles. The Bertz CT molecular complexity index is 466. The highest BCUT2D eigenvalue weighted by Crippen LogP contribution is 2.59. The first-order valence-corrected chi connectivity index (χ1v) is 9.55. The number of carbonyl (C=O) groups excluding carboxylic acids is 1. The Hall–Kier alpha value is -1.06. The lowest BCUT2D eigenvalue weighted by atomic mass is 9.49. The predicted molar refractivity (Wildman–Crippen MR) is 86.7 cm³/mol. The van der Waals surface area contributed by atoms with Crippen LogP contribution < -0.4 is 5.32 Å². The number of rotatable bonds is 4. The van der Waals surface area contributed by atoms with Crippen molar-refractivity contribution in [2.24, 2.45) is 35.0 Å². The summed E-state index contributed by atoms with van der Waals surface area (Å²) in [5.41, 5.74) is 0.331. The minimum atomic E-state index is -0.792. The van der Waals surface area contributed by atoms with Gasteiger partial charge < -0.3 is 10.4 Å². The van der Waals surface area contributed by atoms with Crippen LogP contribution in [-0.2, 0) is 9.59 Å². The maximum atomic E-state index is 12.6. The van der Waals surface area contributed by atoms with E-state index in [4.69, 9.17) is 0 Å². The number of hydrogen-bond donors (Lipinski definition) is 2. The van der Waals surface area contributed by atoms with E-state index in [9.17, 15) is 14.7 Å². The third-order valence-corrected chi connectivity index (χ3v) is 7.22. The lowest BCUT2D eigenvalue weighted by Crippen LogP contribution is -2.52. The van der Waals surface area contributed by atoms with E-state index in [-0.39, 0.29) is 11.8 Å². The summed E-state index contributed by atoms with van der Waals surface area (Å²) >= 11 is 0. The SMILES string of the molecule is O=C(O)[C@@H]1CCCC[C@H]1C(=O)NCC12CC3CC(CC(C3)C1)C2. The third kappa shape index (κ3) is 2.89. The van der Waals surface area contributed by atoms with Gasteiger partial charge in [-0.2, -0.15) is 0 Å². The zero-order chi connectivity index (χ0) is 16.0. The van der Waals surface area contributed by atoms with E-state index in [0.29, 0.717) is 11.8 Å². The maximum absolute atomic E-state index is 12.6. The summed E-state index contributed by atoms with van der Waals surface area (Å²) < 4.78 is 0. The molecule has 0 aromatic heterocycles. The van der Waals surface area contributed by atoms with Gasteiger partial charge in [0.05, 0.1) is 11.8 Å². The van der Waals surface area contributed by atoms with Gasteiger partial charge in [0.15, 0.2) is 0 Å². The molecule has 2 N–H and O–H groups in total. The second-order valence-corrected chi connectivity index (χ2v) is 8.97. The third-order valence-electron chi connectivity index (χ3n) is 7.22. The van der Waals surface area contributed by atoms with Gasteiger partial charge in [0.1, 0.15) is 0 Å². The standard InChI is InChI=1S/C19H29NO3/c21-17(15-3-1-2-4-16(15)18(22)23)20-11-19-8-12-5-13(9-19)7-14(6-12)10-19/h12-16H,1-11H2,(H,20,21)(H,22,23)/t12?,13?,14?,15-,16-,19?/m1/s1. The summed E-state index contributed by atoms with van der Waals surface area (Å²) in [6.45, 7) is 0.790. The smallest absolute Gasteiger partial charge is 0.307 e. The summed E-state index contributed by atoms with van der Waals surface area (Å²) in [7, 11) is 0. The van der Waals surface area contributed by atoms with Gasteiger partial charge in [-0.05, 0) is 74.5 Å². The molecule has 0 unspecified atom stereocenters. The minimum absolute atomic E-state index is 0.00726. The van der Waals surface area contributed by atoms with E-state index in [1.165, 1.54) is 38.5 Å². The Balaban J connectivity index is 1.38. The Morgan fingerprint density at radius 3 is 1.96 bits per heavy atom. The van der Waals surface area contributed by atoms with Gasteiger partial charge in [0.2, 0.25) is 5.91 Å². The topological polar surface area (TPSA) is 66.4 Å². The van der Waals surface area contributed by atoms with Crippen LogP contribution >= 0.6 is 0 Å². The number of nitrogens with one attached hydrogen (secondary N) is 1. The Kier molecular flexibility index (Phi) is 3.89. The first-order valence-electron chi connectivity index (χ1n) is 9.55. The molecule has 5 rings (SSSR count). The van der Waals surface area contributed by atoms with Crippen molar-refractivity contribution in [1.29, 1.82) is 0 Å². The highest BCUT2D eigenvalue weighted by molar-refractivity contribution is 5.84. The van der Waals surface area contributed by atoms with Crippen molar-refractivity contribution < 1.29 is 14.7 Å². The van der Waals surface area contributed by atoms with Gasteiger partial charge in [-0.1, -0.05) is 12.8 Å². The van der Waals surface area contributed by atoms with Crippen LogP contribution in [0, 0.1) is 35.0 Å². The maximum Gasteiger partial charge on any atom is 0.307 e. The monoisotopic (exact) mass is 319 g/mol. The van der Waals surface area contributed by atoms with Gasteiger partial charge in [-0.3, -0.25) is 9.59 Å². The Morgan fingerprint density at radius 2 is 1.43 bits per heavy atom. The zero-order valence-electron chi connectivity index (χ0n) is 13.9. The summed E-state index contributed by atoms with van der Waals surface area (Å²) in [6, 6.07) is 0. The van der Waals surface area contributed by atoms with Crippen molar-refractivity contribution in [3.8, 4) is 0 Å². The lowest BCUT2D eigenvalue weighted by Gasteiger charge is -2.57. The molecule has 0 radical (unpaired) electrons. The minimum Gasteiger partial charge on any atom is -0.481 e. The molecule has 0 saturated heterocycles. The first-order chi connectivity index (χ1) is 11.0. The quantitative estimate of drug-likeness (QED) is 0.836. The molecule has 4 heteroatoms. The van der Waals surface area contributed by atoms with Gasteiger partial charge in [0.25, 0.3) is 0 Å². The average molecular weight is 319 g/mol. The molecule has 5 fully saturated rings. The second-order valence-electron chi connectivity index (χ2n) is 8.97. The fourth-order valence-electron chi connectivity index (χ4n) is 6.65. The van der Waals surface area contributed by atoms with Crippen molar-refractivity contribution >= 4 is 11.9 Å². The van der Waals surface area contributed by atoms with Crippen LogP contribution in [0.5, 0.6) is 0 Å².